The predicted molar refractivity (Wildman–Crippen MR) is 146 cm³/mol. The Balaban J connectivity index is 1.69. The van der Waals surface area contributed by atoms with Crippen molar-refractivity contribution in [2.75, 3.05) is 50.0 Å². The number of rotatable bonds is 6. The molecule has 4 rings (SSSR count). The second-order valence-electron chi connectivity index (χ2n) is 10.4. The number of likely N-dealkylation sites (N-methyl/N-ethyl adjacent to an activating group) is 1. The second-order valence-corrected chi connectivity index (χ2v) is 10.4. The van der Waals surface area contributed by atoms with Gasteiger partial charge in [-0.05, 0) is 51.9 Å². The maximum absolute atomic E-state index is 15.6. The summed E-state index contributed by atoms with van der Waals surface area (Å²) in [5, 5.41) is 2.69. The number of piperazine rings is 1. The van der Waals surface area contributed by atoms with Gasteiger partial charge in [0.1, 0.15) is 5.82 Å². The third-order valence-electron chi connectivity index (χ3n) is 7.22. The van der Waals surface area contributed by atoms with Crippen molar-refractivity contribution in [2.24, 2.45) is 0 Å². The quantitative estimate of drug-likeness (QED) is 0.540. The average Bonchev–Trinajstić information content (AvgIpc) is 2.90. The van der Waals surface area contributed by atoms with Gasteiger partial charge in [-0.3, -0.25) is 9.59 Å². The first-order valence-corrected chi connectivity index (χ1v) is 13.2. The number of H-pyrrole nitrogens is 1. The molecule has 9 nitrogen and oxygen atoms in total. The van der Waals surface area contributed by atoms with Crippen molar-refractivity contribution in [3.05, 3.63) is 63.3 Å². The Kier molecular flexibility index (Phi) is 8.87. The highest BCUT2D eigenvalue weighted by atomic mass is 19.3. The van der Waals surface area contributed by atoms with Gasteiger partial charge in [-0.1, -0.05) is 6.08 Å². The van der Waals surface area contributed by atoms with E-state index >= 15 is 4.39 Å². The van der Waals surface area contributed by atoms with Gasteiger partial charge in [0.25, 0.3) is 12.3 Å². The van der Waals surface area contributed by atoms with E-state index in [4.69, 9.17) is 4.74 Å². The number of carbonyl (C=O) groups is 2. The first-order valence-electron chi connectivity index (χ1n) is 13.2. The normalized spacial score (nSPS) is 18.2. The van der Waals surface area contributed by atoms with Gasteiger partial charge in [0, 0.05) is 62.2 Å². The lowest BCUT2D eigenvalue weighted by Gasteiger charge is -2.40. The van der Waals surface area contributed by atoms with Crippen LogP contribution in [0.4, 0.5) is 29.3 Å². The number of halogens is 3. The van der Waals surface area contributed by atoms with E-state index in [9.17, 15) is 23.2 Å². The number of nitrogens with zero attached hydrogens (tertiary/aromatic N) is 3. The number of aromatic nitrogens is 1. The first-order chi connectivity index (χ1) is 18.9. The molecule has 0 spiro atoms. The number of aromatic amines is 1. The monoisotopic (exact) mass is 561 g/mol. The van der Waals surface area contributed by atoms with Crippen LogP contribution < -0.4 is 15.8 Å². The van der Waals surface area contributed by atoms with Crippen LogP contribution in [0, 0.1) is 5.82 Å². The van der Waals surface area contributed by atoms with E-state index in [2.05, 4.69) is 15.2 Å². The number of benzene rings is 1. The van der Waals surface area contributed by atoms with E-state index in [1.165, 1.54) is 17.0 Å². The zero-order valence-corrected chi connectivity index (χ0v) is 23.0. The summed E-state index contributed by atoms with van der Waals surface area (Å²) < 4.78 is 48.1. The van der Waals surface area contributed by atoms with Crippen molar-refractivity contribution in [3.63, 3.8) is 0 Å². The molecular weight excluding hydrogens is 527 g/mol. The van der Waals surface area contributed by atoms with Crippen molar-refractivity contribution >= 4 is 28.9 Å². The molecule has 1 fully saturated rings. The molecule has 40 heavy (non-hydrogen) atoms. The maximum atomic E-state index is 15.6. The zero-order chi connectivity index (χ0) is 29.1. The molecule has 1 aromatic carbocycles. The molecule has 1 atom stereocenters. The van der Waals surface area contributed by atoms with E-state index in [1.807, 2.05) is 18.9 Å². The number of nitrogens with one attached hydrogen (secondary N) is 2. The number of alkyl halides is 2. The molecular formula is C28H34F3N5O4. The molecule has 216 valence electrons. The van der Waals surface area contributed by atoms with E-state index in [-0.39, 0.29) is 35.5 Å². The summed E-state index contributed by atoms with van der Waals surface area (Å²) in [6.45, 7) is 7.95. The fraction of sp³-hybridized carbons (Fsp3) is 0.464. The van der Waals surface area contributed by atoms with Crippen LogP contribution in [0.3, 0.4) is 0 Å². The predicted octanol–water partition coefficient (Wildman–Crippen LogP) is 4.48. The molecule has 2 aliphatic rings. The third-order valence-corrected chi connectivity index (χ3v) is 7.22. The number of anilines is 2. The molecule has 2 amide bonds. The Morgan fingerprint density at radius 3 is 2.52 bits per heavy atom. The van der Waals surface area contributed by atoms with Gasteiger partial charge in [-0.25, -0.2) is 18.0 Å². The van der Waals surface area contributed by atoms with Crippen molar-refractivity contribution in [2.45, 2.75) is 45.8 Å². The summed E-state index contributed by atoms with van der Waals surface area (Å²) in [6, 6.07) is 3.71. The molecule has 0 radical (unpaired) electrons. The smallest absolute Gasteiger partial charge is 0.410 e. The summed E-state index contributed by atoms with van der Waals surface area (Å²) in [6.07, 6.45) is -0.701. The SMILES string of the molecule is CC(C)OC(=O)N1CC=C(c2cc(NC(=O)c3c[nH]c(=O)cc3C(F)F)c(N3CCN(C)C(C)C3)cc2F)CC1. The summed E-state index contributed by atoms with van der Waals surface area (Å²) in [7, 11) is 1.99. The number of ether oxygens (including phenoxy) is 1. The fourth-order valence-corrected chi connectivity index (χ4v) is 4.85. The lowest BCUT2D eigenvalue weighted by atomic mass is 9.97. The largest absolute Gasteiger partial charge is 0.447 e. The van der Waals surface area contributed by atoms with Crippen molar-refractivity contribution in [1.29, 1.82) is 0 Å². The molecule has 1 saturated heterocycles. The minimum Gasteiger partial charge on any atom is -0.447 e. The summed E-state index contributed by atoms with van der Waals surface area (Å²) in [4.78, 5) is 45.0. The van der Waals surface area contributed by atoms with Gasteiger partial charge in [0.15, 0.2) is 0 Å². The molecule has 2 aromatic rings. The molecule has 3 heterocycles. The van der Waals surface area contributed by atoms with Gasteiger partial charge >= 0.3 is 6.09 Å². The van der Waals surface area contributed by atoms with Crippen LogP contribution in [-0.2, 0) is 4.74 Å². The van der Waals surface area contributed by atoms with Crippen molar-refractivity contribution in [1.82, 2.24) is 14.8 Å². The van der Waals surface area contributed by atoms with Crippen molar-refractivity contribution in [3.8, 4) is 0 Å². The number of carbonyl (C=O) groups excluding carboxylic acids is 2. The fourth-order valence-electron chi connectivity index (χ4n) is 4.85. The Bertz CT molecular complexity index is 1360. The second kappa shape index (κ2) is 12.2. The van der Waals surface area contributed by atoms with E-state index in [0.29, 0.717) is 49.9 Å². The van der Waals surface area contributed by atoms with Crippen LogP contribution in [-0.4, -0.2) is 78.7 Å². The zero-order valence-electron chi connectivity index (χ0n) is 23.0. The molecule has 1 unspecified atom stereocenters. The highest BCUT2D eigenvalue weighted by Crippen LogP contribution is 2.36. The number of hydrogen-bond donors (Lipinski definition) is 2. The van der Waals surface area contributed by atoms with Crippen LogP contribution in [0.1, 0.15) is 55.1 Å². The van der Waals surface area contributed by atoms with Gasteiger partial charge in [0.2, 0.25) is 5.56 Å². The Morgan fingerprint density at radius 1 is 1.15 bits per heavy atom. The van der Waals surface area contributed by atoms with Crippen LogP contribution >= 0.6 is 0 Å². The molecule has 2 aliphatic heterocycles. The van der Waals surface area contributed by atoms with E-state index < -0.39 is 35.4 Å². The Morgan fingerprint density at radius 2 is 1.90 bits per heavy atom. The van der Waals surface area contributed by atoms with Crippen molar-refractivity contribution < 1.29 is 27.5 Å². The molecule has 0 aliphatic carbocycles. The van der Waals surface area contributed by atoms with E-state index in [0.717, 1.165) is 6.20 Å². The molecule has 12 heteroatoms. The molecule has 1 aromatic heterocycles. The summed E-state index contributed by atoms with van der Waals surface area (Å²) in [5.41, 5.74) is -0.247. The van der Waals surface area contributed by atoms with Gasteiger partial charge < -0.3 is 29.7 Å². The Labute approximate surface area is 230 Å². The minimum atomic E-state index is -3.04. The van der Waals surface area contributed by atoms with E-state index in [1.54, 1.807) is 19.9 Å². The number of amides is 2. The van der Waals surface area contributed by atoms with Crippen LogP contribution in [0.25, 0.3) is 5.57 Å². The summed E-state index contributed by atoms with van der Waals surface area (Å²) >= 11 is 0. The Hall–Kier alpha value is -3.80. The molecule has 2 N–H and O–H groups in total. The number of hydrogen-bond acceptors (Lipinski definition) is 6. The average molecular weight is 562 g/mol. The highest BCUT2D eigenvalue weighted by molar-refractivity contribution is 6.07. The lowest BCUT2D eigenvalue weighted by molar-refractivity contribution is 0.0799. The molecule has 0 saturated carbocycles. The molecule has 0 bridgehead atoms. The van der Waals surface area contributed by atoms with Gasteiger partial charge in [0.05, 0.1) is 23.0 Å². The van der Waals surface area contributed by atoms with Gasteiger partial charge in [-0.15, -0.1) is 0 Å². The van der Waals surface area contributed by atoms with Gasteiger partial charge in [-0.2, -0.15) is 0 Å². The number of pyridine rings is 1. The van der Waals surface area contributed by atoms with Crippen LogP contribution in [0.15, 0.2) is 35.3 Å². The minimum absolute atomic E-state index is 0.155. The topological polar surface area (TPSA) is 98.0 Å². The van der Waals surface area contributed by atoms with Crippen LogP contribution in [0.5, 0.6) is 0 Å². The maximum Gasteiger partial charge on any atom is 0.410 e. The lowest BCUT2D eigenvalue weighted by Crippen LogP contribution is -2.50. The first kappa shape index (κ1) is 29.2. The standard InChI is InChI=1S/C28H34F3N5O4/c1-16(2)40-28(39)35-7-5-18(6-8-35)19-11-23(24(13-22(19)29)36-10-9-34(4)17(3)15-36)33-27(38)21-14-32-25(37)12-20(21)26(30)31/h5,11-14,16-17,26H,6-10,15H2,1-4H3,(H,32,37)(H,33,38). The van der Waals surface area contributed by atoms with Crippen LogP contribution in [0.2, 0.25) is 0 Å². The highest BCUT2D eigenvalue weighted by Gasteiger charge is 2.28. The third kappa shape index (κ3) is 6.49. The summed E-state index contributed by atoms with van der Waals surface area (Å²) in [5.74, 6) is -1.35.